The normalized spacial score (nSPS) is 11.2. The molecule has 0 spiro atoms. The first kappa shape index (κ1) is 20.1. The van der Waals surface area contributed by atoms with Crippen LogP contribution in [0.3, 0.4) is 0 Å². The van der Waals surface area contributed by atoms with E-state index in [-0.39, 0.29) is 17.3 Å². The molecular weight excluding hydrogens is 422 g/mol. The monoisotopic (exact) mass is 437 g/mol. The highest BCUT2D eigenvalue weighted by atomic mass is 35.5. The molecule has 1 heterocycles. The molecule has 0 aliphatic carbocycles. The maximum Gasteiger partial charge on any atom is 0.261 e. The molecule has 3 aromatic rings. The van der Waals surface area contributed by atoms with Gasteiger partial charge in [-0.1, -0.05) is 11.6 Å². The van der Waals surface area contributed by atoms with Crippen molar-refractivity contribution in [3.63, 3.8) is 0 Å². The van der Waals surface area contributed by atoms with Gasteiger partial charge in [0.1, 0.15) is 0 Å². The first-order chi connectivity index (χ1) is 13.3. The van der Waals surface area contributed by atoms with Gasteiger partial charge in [0.05, 0.1) is 11.4 Å². The smallest absolute Gasteiger partial charge is 0.261 e. The number of nitrogens with one attached hydrogen (secondary N) is 3. The average molecular weight is 438 g/mol. The van der Waals surface area contributed by atoms with Gasteiger partial charge in [0.25, 0.3) is 15.9 Å². The number of hydrogen-bond acceptors (Lipinski definition) is 5. The number of carbonyl (C=O) groups is 1. The van der Waals surface area contributed by atoms with Crippen LogP contribution in [-0.2, 0) is 23.6 Å². The third kappa shape index (κ3) is 4.58. The molecule has 1 amide bonds. The van der Waals surface area contributed by atoms with Crippen LogP contribution in [0.25, 0.3) is 0 Å². The van der Waals surface area contributed by atoms with Gasteiger partial charge in [-0.2, -0.15) is 5.10 Å². The predicted octanol–water partition coefficient (Wildman–Crippen LogP) is 2.86. The fourth-order valence-corrected chi connectivity index (χ4v) is 3.65. The zero-order chi connectivity index (χ0) is 20.3. The Hall–Kier alpha value is -2.69. The number of amides is 1. The van der Waals surface area contributed by atoms with E-state index in [2.05, 4.69) is 20.2 Å². The van der Waals surface area contributed by atoms with E-state index in [1.54, 1.807) is 35.9 Å². The molecule has 0 saturated carbocycles. The summed E-state index contributed by atoms with van der Waals surface area (Å²) in [5, 5.41) is 9.85. The minimum Gasteiger partial charge on any atom is -0.345 e. The number of hydrogen-bond donors (Lipinski definition) is 3. The maximum absolute atomic E-state index is 12.4. The number of halogens is 1. The summed E-state index contributed by atoms with van der Waals surface area (Å²) < 4.78 is 29.5. The van der Waals surface area contributed by atoms with E-state index < -0.39 is 10.0 Å². The van der Waals surface area contributed by atoms with E-state index >= 15 is 0 Å². The van der Waals surface area contributed by atoms with Crippen molar-refractivity contribution in [1.29, 1.82) is 0 Å². The van der Waals surface area contributed by atoms with Crippen molar-refractivity contribution < 1.29 is 13.2 Å². The molecule has 0 aliphatic rings. The Morgan fingerprint density at radius 2 is 1.82 bits per heavy atom. The Morgan fingerprint density at radius 3 is 2.39 bits per heavy atom. The Morgan fingerprint density at radius 1 is 1.18 bits per heavy atom. The summed E-state index contributed by atoms with van der Waals surface area (Å²) in [4.78, 5) is 12.3. The highest BCUT2D eigenvalue weighted by Crippen LogP contribution is 2.18. The van der Waals surface area contributed by atoms with E-state index in [0.29, 0.717) is 26.9 Å². The number of carbonyl (C=O) groups excluding carboxylic acids is 1. The van der Waals surface area contributed by atoms with E-state index in [9.17, 15) is 13.2 Å². The third-order valence-corrected chi connectivity index (χ3v) is 5.92. The lowest BCUT2D eigenvalue weighted by Crippen LogP contribution is -2.24. The fraction of sp³-hybridized carbons (Fsp3) is 0.118. The van der Waals surface area contributed by atoms with Crippen molar-refractivity contribution in [2.45, 2.75) is 11.4 Å². The number of rotatable bonds is 6. The quantitative estimate of drug-likeness (QED) is 0.514. The molecule has 0 unspecified atom stereocenters. The van der Waals surface area contributed by atoms with Crippen LogP contribution in [-0.4, -0.2) is 29.1 Å². The van der Waals surface area contributed by atoms with Crippen molar-refractivity contribution in [2.75, 3.05) is 4.72 Å². The molecule has 11 heteroatoms. The van der Waals surface area contributed by atoms with E-state index in [1.807, 2.05) is 0 Å². The first-order valence-electron chi connectivity index (χ1n) is 8.03. The van der Waals surface area contributed by atoms with Gasteiger partial charge in [-0.25, -0.2) is 8.42 Å². The zero-order valence-corrected chi connectivity index (χ0v) is 17.0. The summed E-state index contributed by atoms with van der Waals surface area (Å²) in [6.07, 6.45) is 0. The van der Waals surface area contributed by atoms with E-state index in [0.717, 1.165) is 0 Å². The molecule has 0 atom stereocenters. The number of H-pyrrole nitrogens is 1. The highest BCUT2D eigenvalue weighted by Gasteiger charge is 2.15. The molecule has 0 saturated heterocycles. The molecule has 0 radical (unpaired) electrons. The lowest BCUT2D eigenvalue weighted by atomic mass is 10.2. The Kier molecular flexibility index (Phi) is 5.82. The Bertz CT molecular complexity index is 1150. The maximum atomic E-state index is 12.4. The van der Waals surface area contributed by atoms with Crippen molar-refractivity contribution in [3.05, 3.63) is 69.7 Å². The molecule has 0 fully saturated rings. The predicted molar refractivity (Wildman–Crippen MR) is 108 cm³/mol. The number of aromatic amines is 1. The van der Waals surface area contributed by atoms with Gasteiger partial charge >= 0.3 is 0 Å². The van der Waals surface area contributed by atoms with Crippen LogP contribution in [0.4, 0.5) is 5.69 Å². The highest BCUT2D eigenvalue weighted by molar-refractivity contribution is 7.92. The summed E-state index contributed by atoms with van der Waals surface area (Å²) >= 11 is 10.8. The molecular formula is C17H16ClN5O3S2. The number of sulfonamides is 1. The third-order valence-electron chi connectivity index (χ3n) is 3.90. The Labute approximate surface area is 171 Å². The van der Waals surface area contributed by atoms with Gasteiger partial charge in [-0.15, -0.1) is 0 Å². The topological polar surface area (TPSA) is 109 Å². The van der Waals surface area contributed by atoms with Crippen molar-refractivity contribution in [3.8, 4) is 0 Å². The van der Waals surface area contributed by atoms with Crippen LogP contribution in [0, 0.1) is 4.77 Å². The summed E-state index contributed by atoms with van der Waals surface area (Å²) in [5.41, 5.74) is 0.710. The lowest BCUT2D eigenvalue weighted by Gasteiger charge is -2.09. The molecule has 2 aromatic carbocycles. The molecule has 3 N–H and O–H groups in total. The van der Waals surface area contributed by atoms with E-state index in [1.165, 1.54) is 24.3 Å². The number of anilines is 1. The van der Waals surface area contributed by atoms with Crippen molar-refractivity contribution >= 4 is 45.4 Å². The van der Waals surface area contributed by atoms with Crippen LogP contribution >= 0.6 is 23.8 Å². The molecule has 28 heavy (non-hydrogen) atoms. The summed E-state index contributed by atoms with van der Waals surface area (Å²) in [6.45, 7) is 0.181. The van der Waals surface area contributed by atoms with Crippen LogP contribution in [0.1, 0.15) is 16.2 Å². The van der Waals surface area contributed by atoms with Gasteiger partial charge in [-0.3, -0.25) is 14.6 Å². The fourth-order valence-electron chi connectivity index (χ4n) is 2.32. The second-order valence-corrected chi connectivity index (χ2v) is 8.33. The summed E-state index contributed by atoms with van der Waals surface area (Å²) in [5.74, 6) is 0.216. The van der Waals surface area contributed by atoms with Gasteiger partial charge in [-0.05, 0) is 60.7 Å². The summed E-state index contributed by atoms with van der Waals surface area (Å²) in [6, 6.07) is 11.9. The van der Waals surface area contributed by atoms with Crippen LogP contribution < -0.4 is 10.0 Å². The standard InChI is InChI=1S/C17H16ClN5O3S2/c1-23-15(20-21-17(23)27)10-19-16(24)11-2-8-14(9-3-11)28(25,26)22-13-6-4-12(18)5-7-13/h2-9,22H,10H2,1H3,(H,19,24)(H,21,27). The number of aromatic nitrogens is 3. The molecule has 0 aliphatic heterocycles. The molecule has 1 aromatic heterocycles. The average Bonchev–Trinajstić information content (AvgIpc) is 3.00. The van der Waals surface area contributed by atoms with Gasteiger partial charge in [0.15, 0.2) is 10.6 Å². The van der Waals surface area contributed by atoms with Crippen LogP contribution in [0.5, 0.6) is 0 Å². The molecule has 0 bridgehead atoms. The molecule has 3 rings (SSSR count). The van der Waals surface area contributed by atoms with Crippen molar-refractivity contribution in [1.82, 2.24) is 20.1 Å². The first-order valence-corrected chi connectivity index (χ1v) is 10.3. The van der Waals surface area contributed by atoms with Crippen LogP contribution in [0.2, 0.25) is 5.02 Å². The second kappa shape index (κ2) is 8.13. The van der Waals surface area contributed by atoms with E-state index in [4.69, 9.17) is 23.8 Å². The minimum atomic E-state index is -3.78. The number of benzene rings is 2. The van der Waals surface area contributed by atoms with Crippen molar-refractivity contribution in [2.24, 2.45) is 7.05 Å². The Balaban J connectivity index is 1.68. The van der Waals surface area contributed by atoms with Gasteiger partial charge in [0.2, 0.25) is 0 Å². The van der Waals surface area contributed by atoms with Gasteiger partial charge < -0.3 is 9.88 Å². The summed E-state index contributed by atoms with van der Waals surface area (Å²) in [7, 11) is -2.04. The minimum absolute atomic E-state index is 0.0356. The zero-order valence-electron chi connectivity index (χ0n) is 14.6. The van der Waals surface area contributed by atoms with Crippen LogP contribution in [0.15, 0.2) is 53.4 Å². The lowest BCUT2D eigenvalue weighted by molar-refractivity contribution is 0.0949. The number of nitrogens with zero attached hydrogens (tertiary/aromatic N) is 2. The SMILES string of the molecule is Cn1c(CNC(=O)c2ccc(S(=O)(=O)Nc3ccc(Cl)cc3)cc2)n[nH]c1=S. The largest absolute Gasteiger partial charge is 0.345 e. The molecule has 146 valence electrons. The van der Waals surface area contributed by atoms with Gasteiger partial charge in [0, 0.05) is 23.3 Å². The second-order valence-electron chi connectivity index (χ2n) is 5.82. The molecule has 8 nitrogen and oxygen atoms in total.